The molecule has 7 nitrogen and oxygen atoms in total. The van der Waals surface area contributed by atoms with Gasteiger partial charge in [0, 0.05) is 0 Å². The first-order valence-electron chi connectivity index (χ1n) is 6.49. The van der Waals surface area contributed by atoms with E-state index in [-0.39, 0.29) is 24.7 Å². The number of nitrogens with two attached hydrogens (primary N) is 1. The van der Waals surface area contributed by atoms with E-state index in [1.54, 1.807) is 12.1 Å². The van der Waals surface area contributed by atoms with Gasteiger partial charge in [-0.3, -0.25) is 0 Å². The number of hydrogen-bond donors (Lipinski definition) is 1. The smallest absolute Gasteiger partial charge is 0.248 e. The highest BCUT2D eigenvalue weighted by atomic mass is 16.5. The van der Waals surface area contributed by atoms with Gasteiger partial charge >= 0.3 is 0 Å². The maximum Gasteiger partial charge on any atom is 0.248 e. The van der Waals surface area contributed by atoms with Crippen LogP contribution in [0.5, 0.6) is 11.6 Å². The van der Waals surface area contributed by atoms with Crippen LogP contribution in [-0.2, 0) is 0 Å². The molecule has 0 aliphatic heterocycles. The van der Waals surface area contributed by atoms with Crippen LogP contribution < -0.4 is 15.4 Å². The summed E-state index contributed by atoms with van der Waals surface area (Å²) in [5, 5.41) is 17.7. The first-order valence-corrected chi connectivity index (χ1v) is 6.49. The van der Waals surface area contributed by atoms with Crippen LogP contribution in [0.2, 0.25) is 0 Å². The van der Waals surface area contributed by atoms with E-state index in [4.69, 9.17) is 21.0 Å². The van der Waals surface area contributed by atoms with Gasteiger partial charge in [-0.05, 0) is 19.1 Å². The van der Waals surface area contributed by atoms with E-state index >= 15 is 0 Å². The molecule has 0 amide bonds. The lowest BCUT2D eigenvalue weighted by molar-refractivity contribution is 0.464. The summed E-state index contributed by atoms with van der Waals surface area (Å²) in [5.74, 6) is 1.09. The minimum absolute atomic E-state index is 0.00125. The Hall–Kier alpha value is -3.32. The molecule has 0 saturated carbocycles. The van der Waals surface area contributed by atoms with Crippen LogP contribution in [0.25, 0.3) is 0 Å². The number of nitriles is 2. The fraction of sp³-hybridized carbons (Fsp3) is 0.200. The highest BCUT2D eigenvalue weighted by molar-refractivity contribution is 5.68. The first-order chi connectivity index (χ1) is 10.7. The summed E-state index contributed by atoms with van der Waals surface area (Å²) in [6.07, 6.45) is 1.29. The topological polar surface area (TPSA) is 112 Å². The van der Waals surface area contributed by atoms with Gasteiger partial charge < -0.3 is 15.4 Å². The molecule has 0 bridgehead atoms. The molecule has 7 heteroatoms. The number of hydrogen-bond acceptors (Lipinski definition) is 7. The molecule has 0 saturated heterocycles. The molecular weight excluding hydrogens is 280 g/mol. The van der Waals surface area contributed by atoms with E-state index in [1.807, 2.05) is 31.2 Å². The van der Waals surface area contributed by atoms with E-state index in [0.29, 0.717) is 11.6 Å². The second-order valence-corrected chi connectivity index (χ2v) is 4.50. The summed E-state index contributed by atoms with van der Waals surface area (Å²) in [6.45, 7) is 1.97. The molecular formula is C15H14N6O. The fourth-order valence-electron chi connectivity index (χ4n) is 1.80. The van der Waals surface area contributed by atoms with Crippen LogP contribution in [0.15, 0.2) is 30.6 Å². The highest BCUT2D eigenvalue weighted by Gasteiger charge is 2.16. The summed E-state index contributed by atoms with van der Waals surface area (Å²) in [4.78, 5) is 9.51. The van der Waals surface area contributed by atoms with Crippen molar-refractivity contribution in [1.29, 1.82) is 10.5 Å². The lowest BCUT2D eigenvalue weighted by atomic mass is 10.2. The number of aromatic nitrogens is 2. The van der Waals surface area contributed by atoms with Crippen molar-refractivity contribution in [2.24, 2.45) is 0 Å². The SMILES string of the molecule is Cc1ccc(Oc2ncnc(N(CC#N)CC#N)c2N)cc1. The molecule has 110 valence electrons. The largest absolute Gasteiger partial charge is 0.437 e. The van der Waals surface area contributed by atoms with E-state index in [1.165, 1.54) is 11.2 Å². The number of rotatable bonds is 5. The standard InChI is InChI=1S/C15H14N6O/c1-11-2-4-12(5-3-11)22-15-13(18)14(19-10-20-15)21(8-6-16)9-7-17/h2-5,10H,8-9,18H2,1H3. The van der Waals surface area contributed by atoms with Gasteiger partial charge in [-0.15, -0.1) is 0 Å². The van der Waals surface area contributed by atoms with Crippen molar-refractivity contribution in [2.75, 3.05) is 23.7 Å². The predicted octanol–water partition coefficient (Wildman–Crippen LogP) is 2.01. The van der Waals surface area contributed by atoms with Crippen molar-refractivity contribution in [3.8, 4) is 23.8 Å². The van der Waals surface area contributed by atoms with Crippen molar-refractivity contribution in [3.05, 3.63) is 36.2 Å². The minimum Gasteiger partial charge on any atom is -0.437 e. The van der Waals surface area contributed by atoms with Gasteiger partial charge in [-0.2, -0.15) is 15.5 Å². The number of nitrogen functional groups attached to an aromatic ring is 1. The van der Waals surface area contributed by atoms with Crippen molar-refractivity contribution in [3.63, 3.8) is 0 Å². The molecule has 0 spiro atoms. The third kappa shape index (κ3) is 3.41. The molecule has 2 N–H and O–H groups in total. The zero-order valence-corrected chi connectivity index (χ0v) is 12.0. The van der Waals surface area contributed by atoms with Crippen molar-refractivity contribution >= 4 is 11.5 Å². The maximum absolute atomic E-state index is 8.83. The second kappa shape index (κ2) is 6.91. The van der Waals surface area contributed by atoms with Crippen LogP contribution >= 0.6 is 0 Å². The first kappa shape index (κ1) is 15.1. The van der Waals surface area contributed by atoms with Gasteiger partial charge in [0.2, 0.25) is 5.88 Å². The Morgan fingerprint density at radius 2 is 1.77 bits per heavy atom. The molecule has 0 atom stereocenters. The average Bonchev–Trinajstić information content (AvgIpc) is 2.51. The predicted molar refractivity (Wildman–Crippen MR) is 81.1 cm³/mol. The molecule has 0 aliphatic rings. The van der Waals surface area contributed by atoms with Crippen molar-refractivity contribution < 1.29 is 4.74 Å². The Morgan fingerprint density at radius 3 is 2.36 bits per heavy atom. The van der Waals surface area contributed by atoms with Gasteiger partial charge in [-0.1, -0.05) is 17.7 Å². The Morgan fingerprint density at radius 1 is 1.14 bits per heavy atom. The molecule has 2 rings (SSSR count). The number of benzene rings is 1. The van der Waals surface area contributed by atoms with Crippen molar-refractivity contribution in [2.45, 2.75) is 6.92 Å². The molecule has 1 aromatic heterocycles. The Labute approximate surface area is 128 Å². The van der Waals surface area contributed by atoms with Crippen LogP contribution in [0.3, 0.4) is 0 Å². The number of aryl methyl sites for hydroxylation is 1. The lowest BCUT2D eigenvalue weighted by Gasteiger charge is -2.19. The van der Waals surface area contributed by atoms with Crippen LogP contribution in [-0.4, -0.2) is 23.1 Å². The molecule has 0 unspecified atom stereocenters. The fourth-order valence-corrected chi connectivity index (χ4v) is 1.80. The maximum atomic E-state index is 8.83. The van der Waals surface area contributed by atoms with Gasteiger partial charge in [0.05, 0.1) is 12.1 Å². The molecule has 1 aromatic carbocycles. The van der Waals surface area contributed by atoms with E-state index < -0.39 is 0 Å². The van der Waals surface area contributed by atoms with E-state index in [0.717, 1.165) is 5.56 Å². The van der Waals surface area contributed by atoms with Gasteiger partial charge in [0.25, 0.3) is 0 Å². The van der Waals surface area contributed by atoms with E-state index in [9.17, 15) is 0 Å². The molecule has 22 heavy (non-hydrogen) atoms. The summed E-state index contributed by atoms with van der Waals surface area (Å²) < 4.78 is 5.64. The molecule has 2 aromatic rings. The molecule has 0 aliphatic carbocycles. The summed E-state index contributed by atoms with van der Waals surface area (Å²) in [5.41, 5.74) is 7.31. The molecule has 0 fully saturated rings. The number of nitrogens with zero attached hydrogens (tertiary/aromatic N) is 5. The Bertz CT molecular complexity index is 713. The Balaban J connectivity index is 2.30. The quantitative estimate of drug-likeness (QED) is 0.839. The van der Waals surface area contributed by atoms with Crippen LogP contribution in [0.4, 0.5) is 11.5 Å². The lowest BCUT2D eigenvalue weighted by Crippen LogP contribution is -2.26. The van der Waals surface area contributed by atoms with Gasteiger partial charge in [0.15, 0.2) is 5.82 Å². The monoisotopic (exact) mass is 294 g/mol. The number of ether oxygens (including phenoxy) is 1. The average molecular weight is 294 g/mol. The van der Waals surface area contributed by atoms with Crippen LogP contribution in [0, 0.1) is 29.6 Å². The van der Waals surface area contributed by atoms with Gasteiger partial charge in [-0.25, -0.2) is 4.98 Å². The summed E-state index contributed by atoms with van der Waals surface area (Å²) >= 11 is 0. The van der Waals surface area contributed by atoms with Crippen LogP contribution in [0.1, 0.15) is 5.56 Å². The second-order valence-electron chi connectivity index (χ2n) is 4.50. The normalized spacial score (nSPS) is 9.59. The molecule has 0 radical (unpaired) electrons. The van der Waals surface area contributed by atoms with E-state index in [2.05, 4.69) is 9.97 Å². The number of anilines is 2. The minimum atomic E-state index is -0.00125. The third-order valence-corrected chi connectivity index (χ3v) is 2.88. The highest BCUT2D eigenvalue weighted by Crippen LogP contribution is 2.31. The summed E-state index contributed by atoms with van der Waals surface area (Å²) in [7, 11) is 0. The Kier molecular flexibility index (Phi) is 4.74. The summed E-state index contributed by atoms with van der Waals surface area (Å²) in [6, 6.07) is 11.4. The van der Waals surface area contributed by atoms with Crippen molar-refractivity contribution in [1.82, 2.24) is 9.97 Å². The molecule has 1 heterocycles. The zero-order valence-electron chi connectivity index (χ0n) is 12.0. The third-order valence-electron chi connectivity index (χ3n) is 2.88. The zero-order chi connectivity index (χ0) is 15.9. The van der Waals surface area contributed by atoms with Gasteiger partial charge in [0.1, 0.15) is 30.9 Å².